The highest BCUT2D eigenvalue weighted by atomic mass is 16.3. The lowest BCUT2D eigenvalue weighted by molar-refractivity contribution is 0.476. The Morgan fingerprint density at radius 3 is 2.21 bits per heavy atom. The molecule has 3 heteroatoms. The maximum atomic E-state index is 10.3. The molecule has 0 fully saturated rings. The normalized spacial score (nSPS) is 11.0. The van der Waals surface area contributed by atoms with E-state index in [0.29, 0.717) is 12.1 Å². The molecule has 3 aromatic rings. The highest BCUT2D eigenvalue weighted by molar-refractivity contribution is 5.88. The first-order valence-electron chi connectivity index (χ1n) is 8.27. The molecule has 3 rings (SSSR count). The van der Waals surface area contributed by atoms with Crippen molar-refractivity contribution in [2.45, 2.75) is 41.2 Å². The lowest BCUT2D eigenvalue weighted by Gasteiger charge is -2.12. The van der Waals surface area contributed by atoms with E-state index in [2.05, 4.69) is 43.2 Å². The fourth-order valence-corrected chi connectivity index (χ4v) is 3.08. The smallest absolute Gasteiger partial charge is 0.144 e. The maximum absolute atomic E-state index is 10.3. The Bertz CT molecular complexity index is 906. The van der Waals surface area contributed by atoms with E-state index in [1.165, 1.54) is 16.7 Å². The number of phenolic OH excluding ortho intramolecular Hbond substituents is 1. The largest absolute Gasteiger partial charge is 0.505 e. The Kier molecular flexibility index (Phi) is 4.18. The first kappa shape index (κ1) is 16.3. The van der Waals surface area contributed by atoms with Gasteiger partial charge in [0.15, 0.2) is 0 Å². The molecule has 0 bridgehead atoms. The predicted molar refractivity (Wildman–Crippen MR) is 101 cm³/mol. The first-order valence-corrected chi connectivity index (χ1v) is 8.27. The summed E-state index contributed by atoms with van der Waals surface area (Å²) in [6, 6.07) is 10.4. The number of aromatic hydroxyl groups is 1. The quantitative estimate of drug-likeness (QED) is 0.706. The summed E-state index contributed by atoms with van der Waals surface area (Å²) in [5, 5.41) is 14.8. The van der Waals surface area contributed by atoms with Crippen molar-refractivity contribution in [2.24, 2.45) is 0 Å². The number of nitrogens with zero attached hydrogens (tertiary/aromatic N) is 1. The number of rotatable bonds is 3. The zero-order chi connectivity index (χ0) is 17.4. The number of fused-ring (bicyclic) bond motifs is 1. The molecule has 3 nitrogen and oxygen atoms in total. The molecule has 1 heterocycles. The molecule has 0 unspecified atom stereocenters. The molecule has 0 saturated heterocycles. The van der Waals surface area contributed by atoms with Crippen LogP contribution in [0.5, 0.6) is 5.75 Å². The molecule has 1 aromatic heterocycles. The van der Waals surface area contributed by atoms with E-state index >= 15 is 0 Å². The summed E-state index contributed by atoms with van der Waals surface area (Å²) in [4.78, 5) is 4.66. The van der Waals surface area contributed by atoms with Crippen molar-refractivity contribution in [1.82, 2.24) is 4.98 Å². The third-order valence-corrected chi connectivity index (χ3v) is 4.81. The van der Waals surface area contributed by atoms with E-state index in [1.54, 1.807) is 0 Å². The summed E-state index contributed by atoms with van der Waals surface area (Å²) in [5.74, 6) is 0.277. The summed E-state index contributed by atoms with van der Waals surface area (Å²) >= 11 is 0. The summed E-state index contributed by atoms with van der Waals surface area (Å²) in [6.07, 6.45) is 0. The summed E-state index contributed by atoms with van der Waals surface area (Å²) in [5.41, 5.74) is 8.60. The SMILES string of the molecule is Cc1cc(NCc2ccc3c(C)cc(C)c(O)c3n2)cc(C)c1C. The molecule has 0 spiro atoms. The molecule has 0 atom stereocenters. The zero-order valence-electron chi connectivity index (χ0n) is 15.0. The Balaban J connectivity index is 1.90. The third kappa shape index (κ3) is 2.94. The molecule has 0 aliphatic carbocycles. The van der Waals surface area contributed by atoms with Crippen LogP contribution in [0.3, 0.4) is 0 Å². The van der Waals surface area contributed by atoms with Gasteiger partial charge in [-0.2, -0.15) is 0 Å². The second kappa shape index (κ2) is 6.16. The monoisotopic (exact) mass is 320 g/mol. The predicted octanol–water partition coefficient (Wildman–Crippen LogP) is 5.09. The highest BCUT2D eigenvalue weighted by Crippen LogP contribution is 2.30. The van der Waals surface area contributed by atoms with Gasteiger partial charge < -0.3 is 10.4 Å². The molecular formula is C21H24N2O. The Morgan fingerprint density at radius 2 is 1.54 bits per heavy atom. The van der Waals surface area contributed by atoms with Crippen molar-refractivity contribution in [3.05, 3.63) is 63.8 Å². The number of aromatic nitrogens is 1. The molecule has 24 heavy (non-hydrogen) atoms. The molecule has 0 saturated carbocycles. The Hall–Kier alpha value is -2.55. The number of benzene rings is 2. The van der Waals surface area contributed by atoms with Gasteiger partial charge in [0.05, 0.1) is 12.2 Å². The number of hydrogen-bond acceptors (Lipinski definition) is 3. The second-order valence-electron chi connectivity index (χ2n) is 6.65. The van der Waals surface area contributed by atoms with Gasteiger partial charge in [0.25, 0.3) is 0 Å². The lowest BCUT2D eigenvalue weighted by atomic mass is 10.0. The van der Waals surface area contributed by atoms with E-state index in [-0.39, 0.29) is 5.75 Å². The van der Waals surface area contributed by atoms with Gasteiger partial charge in [0.1, 0.15) is 11.3 Å². The molecule has 0 aliphatic rings. The number of anilines is 1. The van der Waals surface area contributed by atoms with Crippen molar-refractivity contribution in [3.8, 4) is 5.75 Å². The van der Waals surface area contributed by atoms with Crippen LogP contribution in [-0.4, -0.2) is 10.1 Å². The van der Waals surface area contributed by atoms with Crippen molar-refractivity contribution in [3.63, 3.8) is 0 Å². The minimum Gasteiger partial charge on any atom is -0.505 e. The molecule has 2 N–H and O–H groups in total. The average molecular weight is 320 g/mol. The van der Waals surface area contributed by atoms with E-state index in [4.69, 9.17) is 0 Å². The van der Waals surface area contributed by atoms with E-state index in [9.17, 15) is 5.11 Å². The summed E-state index contributed by atoms with van der Waals surface area (Å²) in [7, 11) is 0. The topological polar surface area (TPSA) is 45.1 Å². The minimum atomic E-state index is 0.277. The van der Waals surface area contributed by atoms with E-state index in [1.807, 2.05) is 32.0 Å². The molecule has 124 valence electrons. The number of hydrogen-bond donors (Lipinski definition) is 2. The van der Waals surface area contributed by atoms with Crippen LogP contribution < -0.4 is 5.32 Å². The van der Waals surface area contributed by atoms with Gasteiger partial charge in [-0.1, -0.05) is 12.1 Å². The highest BCUT2D eigenvalue weighted by Gasteiger charge is 2.09. The molecule has 0 radical (unpaired) electrons. The first-order chi connectivity index (χ1) is 11.4. The number of aryl methyl sites for hydroxylation is 4. The van der Waals surface area contributed by atoms with Gasteiger partial charge in [-0.25, -0.2) is 4.98 Å². The summed E-state index contributed by atoms with van der Waals surface area (Å²) < 4.78 is 0. The minimum absolute atomic E-state index is 0.277. The van der Waals surface area contributed by atoms with Gasteiger partial charge in [-0.05, 0) is 80.6 Å². The van der Waals surface area contributed by atoms with Crippen molar-refractivity contribution in [2.75, 3.05) is 5.32 Å². The number of phenols is 1. The van der Waals surface area contributed by atoms with Crippen LogP contribution in [0.1, 0.15) is 33.5 Å². The van der Waals surface area contributed by atoms with Gasteiger partial charge in [0, 0.05) is 11.1 Å². The third-order valence-electron chi connectivity index (χ3n) is 4.81. The fourth-order valence-electron chi connectivity index (χ4n) is 3.08. The maximum Gasteiger partial charge on any atom is 0.144 e. The van der Waals surface area contributed by atoms with Crippen molar-refractivity contribution < 1.29 is 5.11 Å². The van der Waals surface area contributed by atoms with E-state index < -0.39 is 0 Å². The molecule has 2 aromatic carbocycles. The van der Waals surface area contributed by atoms with Crippen LogP contribution in [0.25, 0.3) is 10.9 Å². The zero-order valence-corrected chi connectivity index (χ0v) is 15.0. The van der Waals surface area contributed by atoms with Crippen LogP contribution in [0.4, 0.5) is 5.69 Å². The second-order valence-corrected chi connectivity index (χ2v) is 6.65. The summed E-state index contributed by atoms with van der Waals surface area (Å²) in [6.45, 7) is 11.0. The van der Waals surface area contributed by atoms with Crippen LogP contribution >= 0.6 is 0 Å². The van der Waals surface area contributed by atoms with Gasteiger partial charge in [-0.3, -0.25) is 0 Å². The Labute approximate surface area is 143 Å². The van der Waals surface area contributed by atoms with Gasteiger partial charge in [0.2, 0.25) is 0 Å². The van der Waals surface area contributed by atoms with Crippen LogP contribution in [0.2, 0.25) is 0 Å². The van der Waals surface area contributed by atoms with Gasteiger partial charge >= 0.3 is 0 Å². The number of pyridine rings is 1. The number of nitrogens with one attached hydrogen (secondary N) is 1. The van der Waals surface area contributed by atoms with Crippen LogP contribution in [0.15, 0.2) is 30.3 Å². The average Bonchev–Trinajstić information content (AvgIpc) is 2.55. The van der Waals surface area contributed by atoms with Crippen molar-refractivity contribution >= 4 is 16.6 Å². The van der Waals surface area contributed by atoms with Gasteiger partial charge in [-0.15, -0.1) is 0 Å². The van der Waals surface area contributed by atoms with Crippen LogP contribution in [0, 0.1) is 34.6 Å². The molecule has 0 amide bonds. The van der Waals surface area contributed by atoms with Crippen molar-refractivity contribution in [1.29, 1.82) is 0 Å². The molecular weight excluding hydrogens is 296 g/mol. The molecule has 0 aliphatic heterocycles. The standard InChI is InChI=1S/C21H24N2O/c1-12-9-18(10-13(2)16(12)5)22-11-17-6-7-19-14(3)8-15(4)21(24)20(19)23-17/h6-10,22,24H,11H2,1-5H3. The van der Waals surface area contributed by atoms with Crippen LogP contribution in [-0.2, 0) is 6.54 Å². The Morgan fingerprint density at radius 1 is 0.875 bits per heavy atom. The lowest BCUT2D eigenvalue weighted by Crippen LogP contribution is -2.03. The van der Waals surface area contributed by atoms with E-state index in [0.717, 1.165) is 27.9 Å². The fraction of sp³-hybridized carbons (Fsp3) is 0.286.